The first-order chi connectivity index (χ1) is 10.2. The van der Waals surface area contributed by atoms with E-state index < -0.39 is 0 Å². The van der Waals surface area contributed by atoms with Crippen molar-refractivity contribution in [2.75, 3.05) is 18.8 Å². The van der Waals surface area contributed by atoms with Crippen LogP contribution in [0.3, 0.4) is 0 Å². The minimum absolute atomic E-state index is 0.119. The standard InChI is InChI=1S/C15H18N4O2/c16-10-4-1-5-12-14(10)18-13(21-12)8-19-6-2-3-9-11(19)7-17-15(9)20/h1,4-5,9,11H,2-3,6-8,16H2,(H,17,20). The summed E-state index contributed by atoms with van der Waals surface area (Å²) in [6.07, 6.45) is 2.02. The smallest absolute Gasteiger partial charge is 0.224 e. The van der Waals surface area contributed by atoms with Crippen molar-refractivity contribution < 1.29 is 9.21 Å². The van der Waals surface area contributed by atoms with E-state index in [1.807, 2.05) is 18.2 Å². The molecule has 0 radical (unpaired) electrons. The molecule has 0 spiro atoms. The van der Waals surface area contributed by atoms with Crippen molar-refractivity contribution >= 4 is 22.7 Å². The van der Waals surface area contributed by atoms with Crippen LogP contribution < -0.4 is 11.1 Å². The summed E-state index contributed by atoms with van der Waals surface area (Å²) in [5.74, 6) is 0.975. The van der Waals surface area contributed by atoms with Crippen LogP contribution in [-0.4, -0.2) is 34.9 Å². The number of benzene rings is 1. The molecule has 2 aromatic rings. The zero-order valence-corrected chi connectivity index (χ0v) is 11.7. The van der Waals surface area contributed by atoms with Crippen molar-refractivity contribution in [3.8, 4) is 0 Å². The highest BCUT2D eigenvalue weighted by Gasteiger charge is 2.40. The fourth-order valence-corrected chi connectivity index (χ4v) is 3.49. The maximum Gasteiger partial charge on any atom is 0.224 e. The Bertz CT molecular complexity index is 696. The molecule has 1 aromatic carbocycles. The van der Waals surface area contributed by atoms with Gasteiger partial charge in [-0.3, -0.25) is 9.69 Å². The van der Waals surface area contributed by atoms with Gasteiger partial charge in [-0.2, -0.15) is 0 Å². The zero-order chi connectivity index (χ0) is 14.4. The number of nitrogens with one attached hydrogen (secondary N) is 1. The van der Waals surface area contributed by atoms with Gasteiger partial charge in [-0.05, 0) is 31.5 Å². The second-order valence-corrected chi connectivity index (χ2v) is 5.83. The minimum atomic E-state index is 0.119. The van der Waals surface area contributed by atoms with Crippen molar-refractivity contribution in [2.45, 2.75) is 25.4 Å². The molecule has 2 atom stereocenters. The number of amides is 1. The lowest BCUT2D eigenvalue weighted by Gasteiger charge is -2.34. The SMILES string of the molecule is Nc1cccc2oc(CN3CCCC4C(=O)NCC43)nc12. The molecule has 4 rings (SSSR count). The van der Waals surface area contributed by atoms with Crippen LogP contribution in [0.5, 0.6) is 0 Å². The lowest BCUT2D eigenvalue weighted by molar-refractivity contribution is -0.124. The lowest BCUT2D eigenvalue weighted by atomic mass is 9.91. The topological polar surface area (TPSA) is 84.4 Å². The number of nitrogens with two attached hydrogens (primary N) is 1. The first kappa shape index (κ1) is 12.6. The van der Waals surface area contributed by atoms with E-state index in [-0.39, 0.29) is 17.9 Å². The minimum Gasteiger partial charge on any atom is -0.439 e. The number of para-hydroxylation sites is 1. The quantitative estimate of drug-likeness (QED) is 0.808. The number of nitrogen functional groups attached to an aromatic ring is 1. The van der Waals surface area contributed by atoms with E-state index in [2.05, 4.69) is 15.2 Å². The molecule has 3 N–H and O–H groups in total. The Morgan fingerprint density at radius 2 is 2.38 bits per heavy atom. The first-order valence-electron chi connectivity index (χ1n) is 7.38. The van der Waals surface area contributed by atoms with E-state index in [0.717, 1.165) is 37.0 Å². The van der Waals surface area contributed by atoms with Gasteiger partial charge < -0.3 is 15.5 Å². The van der Waals surface area contributed by atoms with Gasteiger partial charge in [0.1, 0.15) is 5.52 Å². The monoisotopic (exact) mass is 286 g/mol. The summed E-state index contributed by atoms with van der Waals surface area (Å²) in [5, 5.41) is 2.96. The predicted molar refractivity (Wildman–Crippen MR) is 78.4 cm³/mol. The van der Waals surface area contributed by atoms with E-state index in [4.69, 9.17) is 10.2 Å². The predicted octanol–water partition coefficient (Wildman–Crippen LogP) is 1.12. The van der Waals surface area contributed by atoms with Crippen molar-refractivity contribution in [2.24, 2.45) is 5.92 Å². The van der Waals surface area contributed by atoms with Gasteiger partial charge in [0.25, 0.3) is 0 Å². The van der Waals surface area contributed by atoms with Crippen LogP contribution in [0.1, 0.15) is 18.7 Å². The van der Waals surface area contributed by atoms with E-state index in [1.165, 1.54) is 0 Å². The molecule has 0 bridgehead atoms. The molecule has 0 aliphatic carbocycles. The van der Waals surface area contributed by atoms with Crippen LogP contribution >= 0.6 is 0 Å². The third-order valence-electron chi connectivity index (χ3n) is 4.55. The van der Waals surface area contributed by atoms with Crippen molar-refractivity contribution in [1.29, 1.82) is 0 Å². The van der Waals surface area contributed by atoms with Crippen LogP contribution in [0, 0.1) is 5.92 Å². The largest absolute Gasteiger partial charge is 0.439 e. The summed E-state index contributed by atoms with van der Waals surface area (Å²) < 4.78 is 5.79. The number of carbonyl (C=O) groups excluding carboxylic acids is 1. The number of nitrogens with zero attached hydrogens (tertiary/aromatic N) is 2. The van der Waals surface area contributed by atoms with E-state index in [9.17, 15) is 4.79 Å². The molecule has 6 nitrogen and oxygen atoms in total. The van der Waals surface area contributed by atoms with Crippen LogP contribution in [0.4, 0.5) is 5.69 Å². The highest BCUT2D eigenvalue weighted by atomic mass is 16.3. The number of aromatic nitrogens is 1. The van der Waals surface area contributed by atoms with Gasteiger partial charge in [-0.25, -0.2) is 4.98 Å². The molecule has 2 fully saturated rings. The summed E-state index contributed by atoms with van der Waals surface area (Å²) in [6.45, 7) is 2.33. The Morgan fingerprint density at radius 3 is 3.24 bits per heavy atom. The molecule has 2 aliphatic heterocycles. The van der Waals surface area contributed by atoms with Crippen molar-refractivity contribution in [3.05, 3.63) is 24.1 Å². The van der Waals surface area contributed by atoms with E-state index in [1.54, 1.807) is 0 Å². The number of fused-ring (bicyclic) bond motifs is 2. The molecule has 6 heteroatoms. The molecule has 3 heterocycles. The summed E-state index contributed by atoms with van der Waals surface area (Å²) in [5.41, 5.74) is 8.00. The molecule has 2 aliphatic rings. The van der Waals surface area contributed by atoms with Gasteiger partial charge in [0.05, 0.1) is 18.2 Å². The van der Waals surface area contributed by atoms with Gasteiger partial charge in [-0.15, -0.1) is 0 Å². The van der Waals surface area contributed by atoms with Gasteiger partial charge in [0.2, 0.25) is 11.8 Å². The van der Waals surface area contributed by atoms with Crippen LogP contribution in [-0.2, 0) is 11.3 Å². The number of carbonyl (C=O) groups is 1. The fraction of sp³-hybridized carbons (Fsp3) is 0.467. The van der Waals surface area contributed by atoms with Gasteiger partial charge >= 0.3 is 0 Å². The average Bonchev–Trinajstić information content (AvgIpc) is 3.05. The number of hydrogen-bond donors (Lipinski definition) is 2. The van der Waals surface area contributed by atoms with Gasteiger partial charge in [0, 0.05) is 12.6 Å². The Hall–Kier alpha value is -2.08. The number of oxazole rings is 1. The molecule has 1 amide bonds. The molecular formula is C15H18N4O2. The van der Waals surface area contributed by atoms with Crippen molar-refractivity contribution in [3.63, 3.8) is 0 Å². The summed E-state index contributed by atoms with van der Waals surface area (Å²) in [4.78, 5) is 18.6. The van der Waals surface area contributed by atoms with Gasteiger partial charge in [-0.1, -0.05) is 6.07 Å². The third kappa shape index (κ3) is 2.06. The molecule has 21 heavy (non-hydrogen) atoms. The number of piperidine rings is 1. The fourth-order valence-electron chi connectivity index (χ4n) is 3.49. The Kier molecular flexibility index (Phi) is 2.85. The third-order valence-corrected chi connectivity index (χ3v) is 4.55. The Labute approximate surface area is 122 Å². The lowest BCUT2D eigenvalue weighted by Crippen LogP contribution is -2.44. The highest BCUT2D eigenvalue weighted by Crippen LogP contribution is 2.29. The maximum atomic E-state index is 11.8. The Morgan fingerprint density at radius 1 is 1.48 bits per heavy atom. The number of anilines is 1. The number of likely N-dealkylation sites (tertiary alicyclic amines) is 1. The summed E-state index contributed by atoms with van der Waals surface area (Å²) in [6, 6.07) is 5.83. The molecule has 2 saturated heterocycles. The zero-order valence-electron chi connectivity index (χ0n) is 11.7. The molecule has 0 saturated carbocycles. The number of rotatable bonds is 2. The van der Waals surface area contributed by atoms with E-state index in [0.29, 0.717) is 18.1 Å². The second kappa shape index (κ2) is 4.73. The van der Waals surface area contributed by atoms with Crippen LogP contribution in [0.25, 0.3) is 11.1 Å². The van der Waals surface area contributed by atoms with Gasteiger partial charge in [0.15, 0.2) is 5.58 Å². The normalized spacial score (nSPS) is 26.0. The molecular weight excluding hydrogens is 268 g/mol. The molecule has 1 aromatic heterocycles. The first-order valence-corrected chi connectivity index (χ1v) is 7.38. The average molecular weight is 286 g/mol. The summed E-state index contributed by atoms with van der Waals surface area (Å²) in [7, 11) is 0. The van der Waals surface area contributed by atoms with Crippen molar-refractivity contribution in [1.82, 2.24) is 15.2 Å². The Balaban J connectivity index is 1.59. The van der Waals surface area contributed by atoms with Crippen LogP contribution in [0.2, 0.25) is 0 Å². The highest BCUT2D eigenvalue weighted by molar-refractivity contribution is 5.85. The summed E-state index contributed by atoms with van der Waals surface area (Å²) >= 11 is 0. The van der Waals surface area contributed by atoms with Crippen LogP contribution in [0.15, 0.2) is 22.6 Å². The molecule has 110 valence electrons. The second-order valence-electron chi connectivity index (χ2n) is 5.83. The number of hydrogen-bond acceptors (Lipinski definition) is 5. The maximum absolute atomic E-state index is 11.8. The van der Waals surface area contributed by atoms with E-state index >= 15 is 0 Å². The molecule has 2 unspecified atom stereocenters.